The first kappa shape index (κ1) is 26.5. The molecule has 10 heteroatoms. The number of carbonyl (C=O) groups excluding carboxylic acids is 3. The van der Waals surface area contributed by atoms with E-state index in [1.165, 1.54) is 12.1 Å². The fraction of sp³-hybridized carbons (Fsp3) is 0.444. The third-order valence-electron chi connectivity index (χ3n) is 7.11. The molecule has 2 aliphatic rings. The Bertz CT molecular complexity index is 1110. The number of benzene rings is 2. The number of likely N-dealkylation sites (tertiary alicyclic amines) is 1. The molecule has 2 aromatic rings. The standard InChI is InChI=1S/C27H31F3N4O3/c1-2-3-15-31-23(35)18-33-19-34(22-7-5-4-6-8-22)26(25(33)37)13-16-32(17-14-26)24(36)20-9-11-21(12-10-20)27(28,29)30/h4-12H,2-3,13-19H2,1H3,(H,31,35). The molecule has 37 heavy (non-hydrogen) atoms. The van der Waals surface area contributed by atoms with Gasteiger partial charge in [-0.3, -0.25) is 14.4 Å². The van der Waals surface area contributed by atoms with Crippen molar-refractivity contribution in [3.8, 4) is 0 Å². The molecule has 1 N–H and O–H groups in total. The van der Waals surface area contributed by atoms with E-state index < -0.39 is 17.3 Å². The number of alkyl halides is 3. The van der Waals surface area contributed by atoms with Crippen LogP contribution in [0.15, 0.2) is 54.6 Å². The molecule has 3 amide bonds. The zero-order valence-corrected chi connectivity index (χ0v) is 20.8. The Labute approximate surface area is 214 Å². The molecule has 2 fully saturated rings. The molecule has 2 aromatic carbocycles. The van der Waals surface area contributed by atoms with Crippen LogP contribution >= 0.6 is 0 Å². The lowest BCUT2D eigenvalue weighted by molar-refractivity contribution is -0.137. The summed E-state index contributed by atoms with van der Waals surface area (Å²) in [6.45, 7) is 3.36. The maximum absolute atomic E-state index is 13.7. The summed E-state index contributed by atoms with van der Waals surface area (Å²) in [5.41, 5.74) is -0.683. The topological polar surface area (TPSA) is 73.0 Å². The lowest BCUT2D eigenvalue weighted by Gasteiger charge is -2.43. The first-order valence-corrected chi connectivity index (χ1v) is 12.5. The highest BCUT2D eigenvalue weighted by Crippen LogP contribution is 2.39. The van der Waals surface area contributed by atoms with E-state index in [1.807, 2.05) is 42.2 Å². The molecule has 2 aliphatic heterocycles. The third-order valence-corrected chi connectivity index (χ3v) is 7.11. The van der Waals surface area contributed by atoms with E-state index in [-0.39, 0.29) is 49.6 Å². The summed E-state index contributed by atoms with van der Waals surface area (Å²) >= 11 is 0. The number of hydrogen-bond acceptors (Lipinski definition) is 4. The minimum absolute atomic E-state index is 0.0399. The van der Waals surface area contributed by atoms with Crippen LogP contribution in [-0.4, -0.2) is 65.9 Å². The van der Waals surface area contributed by atoms with Crippen LogP contribution in [0, 0.1) is 0 Å². The monoisotopic (exact) mass is 516 g/mol. The Morgan fingerprint density at radius 1 is 1.00 bits per heavy atom. The number of nitrogens with zero attached hydrogens (tertiary/aromatic N) is 3. The second kappa shape index (κ2) is 10.8. The fourth-order valence-electron chi connectivity index (χ4n) is 5.02. The maximum Gasteiger partial charge on any atom is 0.416 e. The Balaban J connectivity index is 1.49. The predicted octanol–water partition coefficient (Wildman–Crippen LogP) is 3.90. The van der Waals surface area contributed by atoms with Crippen LogP contribution in [0.4, 0.5) is 18.9 Å². The van der Waals surface area contributed by atoms with Gasteiger partial charge >= 0.3 is 6.18 Å². The van der Waals surface area contributed by atoms with E-state index in [0.717, 1.165) is 30.7 Å². The zero-order chi connectivity index (χ0) is 26.6. The lowest BCUT2D eigenvalue weighted by atomic mass is 9.85. The summed E-state index contributed by atoms with van der Waals surface area (Å²) in [6.07, 6.45) is -1.96. The molecule has 0 bridgehead atoms. The van der Waals surface area contributed by atoms with Crippen molar-refractivity contribution in [2.24, 2.45) is 0 Å². The highest BCUT2D eigenvalue weighted by molar-refractivity contribution is 5.97. The second-order valence-electron chi connectivity index (χ2n) is 9.51. The highest BCUT2D eigenvalue weighted by atomic mass is 19.4. The van der Waals surface area contributed by atoms with E-state index >= 15 is 0 Å². The van der Waals surface area contributed by atoms with Gasteiger partial charge in [0.25, 0.3) is 11.8 Å². The van der Waals surface area contributed by atoms with Crippen LogP contribution in [0.3, 0.4) is 0 Å². The highest BCUT2D eigenvalue weighted by Gasteiger charge is 2.54. The van der Waals surface area contributed by atoms with Gasteiger partial charge in [-0.25, -0.2) is 0 Å². The molecule has 4 rings (SSSR count). The lowest BCUT2D eigenvalue weighted by Crippen LogP contribution is -2.57. The minimum atomic E-state index is -4.47. The van der Waals surface area contributed by atoms with Gasteiger partial charge in [-0.2, -0.15) is 13.2 Å². The van der Waals surface area contributed by atoms with Gasteiger partial charge in [0.2, 0.25) is 5.91 Å². The number of unbranched alkanes of at least 4 members (excludes halogenated alkanes) is 1. The van der Waals surface area contributed by atoms with Crippen molar-refractivity contribution in [1.82, 2.24) is 15.1 Å². The van der Waals surface area contributed by atoms with Gasteiger partial charge in [0.15, 0.2) is 0 Å². The van der Waals surface area contributed by atoms with E-state index in [1.54, 1.807) is 9.80 Å². The molecule has 2 heterocycles. The van der Waals surface area contributed by atoms with E-state index in [9.17, 15) is 27.6 Å². The molecule has 2 saturated heterocycles. The first-order chi connectivity index (χ1) is 17.7. The minimum Gasteiger partial charge on any atom is -0.355 e. The largest absolute Gasteiger partial charge is 0.416 e. The molecular formula is C27H31F3N4O3. The summed E-state index contributed by atoms with van der Waals surface area (Å²) in [4.78, 5) is 44.3. The van der Waals surface area contributed by atoms with Crippen LogP contribution < -0.4 is 10.2 Å². The summed E-state index contributed by atoms with van der Waals surface area (Å²) in [5, 5.41) is 2.86. The van der Waals surface area contributed by atoms with Crippen LogP contribution in [0.1, 0.15) is 48.5 Å². The van der Waals surface area contributed by atoms with Crippen LogP contribution in [-0.2, 0) is 15.8 Å². The average Bonchev–Trinajstić information content (AvgIpc) is 3.15. The van der Waals surface area contributed by atoms with E-state index in [0.29, 0.717) is 19.4 Å². The zero-order valence-electron chi connectivity index (χ0n) is 20.8. The molecule has 198 valence electrons. The number of carbonyl (C=O) groups is 3. The average molecular weight is 517 g/mol. The molecule has 0 radical (unpaired) electrons. The Morgan fingerprint density at radius 3 is 2.24 bits per heavy atom. The number of nitrogens with one attached hydrogen (secondary N) is 1. The molecule has 7 nitrogen and oxygen atoms in total. The molecule has 0 aromatic heterocycles. The number of amides is 3. The summed E-state index contributed by atoms with van der Waals surface area (Å²) in [7, 11) is 0. The van der Waals surface area contributed by atoms with Gasteiger partial charge in [0, 0.05) is 30.9 Å². The van der Waals surface area contributed by atoms with Crippen molar-refractivity contribution in [1.29, 1.82) is 0 Å². The number of anilines is 1. The first-order valence-electron chi connectivity index (χ1n) is 12.5. The smallest absolute Gasteiger partial charge is 0.355 e. The van der Waals surface area contributed by atoms with Crippen molar-refractivity contribution in [3.05, 3.63) is 65.7 Å². The van der Waals surface area contributed by atoms with Gasteiger partial charge in [-0.1, -0.05) is 31.5 Å². The number of rotatable bonds is 7. The van der Waals surface area contributed by atoms with Crippen molar-refractivity contribution < 1.29 is 27.6 Å². The molecule has 0 saturated carbocycles. The molecule has 0 unspecified atom stereocenters. The van der Waals surface area contributed by atoms with Crippen LogP contribution in [0.2, 0.25) is 0 Å². The summed E-state index contributed by atoms with van der Waals surface area (Å²) in [6, 6.07) is 13.7. The number of para-hydroxylation sites is 1. The van der Waals surface area contributed by atoms with Gasteiger partial charge < -0.3 is 20.0 Å². The third kappa shape index (κ3) is 5.57. The fourth-order valence-corrected chi connectivity index (χ4v) is 5.02. The van der Waals surface area contributed by atoms with Gasteiger partial charge in [-0.05, 0) is 55.7 Å². The number of halogens is 3. The quantitative estimate of drug-likeness (QED) is 0.567. The van der Waals surface area contributed by atoms with E-state index in [4.69, 9.17) is 0 Å². The Morgan fingerprint density at radius 2 is 1.65 bits per heavy atom. The second-order valence-corrected chi connectivity index (χ2v) is 9.51. The van der Waals surface area contributed by atoms with Crippen LogP contribution in [0.25, 0.3) is 0 Å². The van der Waals surface area contributed by atoms with Crippen molar-refractivity contribution in [3.63, 3.8) is 0 Å². The van der Waals surface area contributed by atoms with E-state index in [2.05, 4.69) is 5.32 Å². The number of piperidine rings is 1. The number of hydrogen-bond donors (Lipinski definition) is 1. The Kier molecular flexibility index (Phi) is 7.75. The predicted molar refractivity (Wildman–Crippen MR) is 133 cm³/mol. The van der Waals surface area contributed by atoms with Gasteiger partial charge in [0.05, 0.1) is 12.2 Å². The Hall–Kier alpha value is -3.56. The van der Waals surface area contributed by atoms with Crippen molar-refractivity contribution >= 4 is 23.4 Å². The summed E-state index contributed by atoms with van der Waals surface area (Å²) < 4.78 is 38.7. The van der Waals surface area contributed by atoms with Crippen molar-refractivity contribution in [2.45, 2.75) is 44.3 Å². The van der Waals surface area contributed by atoms with Crippen LogP contribution in [0.5, 0.6) is 0 Å². The van der Waals surface area contributed by atoms with Gasteiger partial charge in [-0.15, -0.1) is 0 Å². The van der Waals surface area contributed by atoms with Crippen molar-refractivity contribution in [2.75, 3.05) is 37.7 Å². The SMILES string of the molecule is CCCCNC(=O)CN1CN(c2ccccc2)C2(CCN(C(=O)c3ccc(C(F)(F)F)cc3)CC2)C1=O. The molecule has 0 aliphatic carbocycles. The molecule has 0 atom stereocenters. The summed E-state index contributed by atoms with van der Waals surface area (Å²) in [5.74, 6) is -0.724. The van der Waals surface area contributed by atoms with Gasteiger partial charge in [0.1, 0.15) is 12.1 Å². The molecular weight excluding hydrogens is 485 g/mol. The molecule has 1 spiro atoms. The normalized spacial score (nSPS) is 17.4. The maximum atomic E-state index is 13.7.